The van der Waals surface area contributed by atoms with E-state index in [1.807, 2.05) is 24.3 Å². The third-order valence-electron chi connectivity index (χ3n) is 7.47. The lowest BCUT2D eigenvalue weighted by molar-refractivity contribution is 0.0904. The summed E-state index contributed by atoms with van der Waals surface area (Å²) in [6.07, 6.45) is 1.78. The zero-order valence-electron chi connectivity index (χ0n) is 22.7. The van der Waals surface area contributed by atoms with Crippen molar-refractivity contribution in [3.05, 3.63) is 64.1 Å². The van der Waals surface area contributed by atoms with Crippen LogP contribution in [0.4, 0.5) is 28.7 Å². The Morgan fingerprint density at radius 1 is 1.00 bits per heavy atom. The number of rotatable bonds is 7. The number of ether oxygens (including phenoxy) is 1. The zero-order valence-corrected chi connectivity index (χ0v) is 24.2. The molecule has 0 radical (unpaired) electrons. The predicted octanol–water partition coefficient (Wildman–Crippen LogP) is 5.60. The van der Waals surface area contributed by atoms with Gasteiger partial charge in [-0.05, 0) is 68.4 Å². The van der Waals surface area contributed by atoms with Crippen molar-refractivity contribution in [2.75, 3.05) is 67.3 Å². The number of piperazine rings is 1. The van der Waals surface area contributed by atoms with E-state index in [4.69, 9.17) is 27.9 Å². The molecule has 2 saturated heterocycles. The second kappa shape index (κ2) is 12.1. The number of hydrogen-bond donors (Lipinski definition) is 4. The number of carbonyl (C=O) groups excluding carboxylic acids is 1. The standard InChI is InChI=1S/C29H32Cl2N8O2/c1-38-8-10-39(11-9-38)22-2-3-23(25(17-22)32-20-6-12-41-13-7-20)29(40)35-28-27-24(36-37-28)4-5-26(34-27)33-21-15-18(30)14-19(31)16-21/h2-5,14-17,20,32H,6-13H2,1H3,(H,33,34)(H2,35,36,37,40). The van der Waals surface area contributed by atoms with Gasteiger partial charge in [0, 0.05) is 72.5 Å². The molecule has 41 heavy (non-hydrogen) atoms. The molecule has 0 saturated carbocycles. The summed E-state index contributed by atoms with van der Waals surface area (Å²) in [5, 5.41) is 18.1. The van der Waals surface area contributed by atoms with E-state index < -0.39 is 0 Å². The number of benzene rings is 2. The minimum Gasteiger partial charge on any atom is -0.381 e. The number of nitrogens with one attached hydrogen (secondary N) is 4. The number of aromatic nitrogens is 3. The van der Waals surface area contributed by atoms with Gasteiger partial charge in [0.15, 0.2) is 5.82 Å². The van der Waals surface area contributed by atoms with Crippen molar-refractivity contribution in [1.29, 1.82) is 0 Å². The highest BCUT2D eigenvalue weighted by Gasteiger charge is 2.22. The van der Waals surface area contributed by atoms with Crippen LogP contribution in [0.2, 0.25) is 10.0 Å². The van der Waals surface area contributed by atoms with Gasteiger partial charge in [-0.25, -0.2) is 4.98 Å². The molecule has 10 nitrogen and oxygen atoms in total. The maximum absolute atomic E-state index is 13.7. The Labute approximate surface area is 248 Å². The van der Waals surface area contributed by atoms with E-state index in [1.165, 1.54) is 0 Å². The molecule has 4 N–H and O–H groups in total. The summed E-state index contributed by atoms with van der Waals surface area (Å²) in [6, 6.07) is 15.1. The Morgan fingerprint density at radius 3 is 2.51 bits per heavy atom. The normalized spacial score (nSPS) is 16.6. The van der Waals surface area contributed by atoms with E-state index >= 15 is 0 Å². The highest BCUT2D eigenvalue weighted by atomic mass is 35.5. The van der Waals surface area contributed by atoms with Gasteiger partial charge in [0.1, 0.15) is 11.3 Å². The van der Waals surface area contributed by atoms with Crippen LogP contribution in [0, 0.1) is 0 Å². The molecule has 0 spiro atoms. The summed E-state index contributed by atoms with van der Waals surface area (Å²) >= 11 is 12.3. The van der Waals surface area contributed by atoms with Crippen LogP contribution < -0.4 is 20.9 Å². The molecule has 6 rings (SSSR count). The number of H-pyrrole nitrogens is 1. The second-order valence-electron chi connectivity index (χ2n) is 10.5. The summed E-state index contributed by atoms with van der Waals surface area (Å²) in [7, 11) is 2.14. The van der Waals surface area contributed by atoms with Gasteiger partial charge in [0.2, 0.25) is 0 Å². The van der Waals surface area contributed by atoms with Crippen LogP contribution in [0.1, 0.15) is 23.2 Å². The van der Waals surface area contributed by atoms with Gasteiger partial charge in [-0.15, -0.1) is 0 Å². The fraction of sp³-hybridized carbons (Fsp3) is 0.345. The average Bonchev–Trinajstić information content (AvgIpc) is 3.35. The van der Waals surface area contributed by atoms with Crippen molar-refractivity contribution in [2.24, 2.45) is 0 Å². The Kier molecular flexibility index (Phi) is 8.16. The number of hydrogen-bond acceptors (Lipinski definition) is 8. The van der Waals surface area contributed by atoms with Gasteiger partial charge in [-0.3, -0.25) is 9.89 Å². The molecule has 0 atom stereocenters. The van der Waals surface area contributed by atoms with Crippen molar-refractivity contribution < 1.29 is 9.53 Å². The molecule has 1 amide bonds. The highest BCUT2D eigenvalue weighted by Crippen LogP contribution is 2.30. The van der Waals surface area contributed by atoms with Crippen LogP contribution in [0.5, 0.6) is 0 Å². The molecule has 2 aromatic heterocycles. The average molecular weight is 596 g/mol. The summed E-state index contributed by atoms with van der Waals surface area (Å²) in [5.74, 6) is 0.642. The fourth-order valence-corrected chi connectivity index (χ4v) is 5.70. The molecule has 0 bridgehead atoms. The zero-order chi connectivity index (χ0) is 28.3. The molecule has 12 heteroatoms. The number of likely N-dealkylation sites (N-methyl/N-ethyl adjacent to an activating group) is 1. The first-order chi connectivity index (χ1) is 19.9. The minimum absolute atomic E-state index is 0.236. The van der Waals surface area contributed by atoms with E-state index in [9.17, 15) is 4.79 Å². The Hall–Kier alpha value is -3.57. The second-order valence-corrected chi connectivity index (χ2v) is 11.3. The van der Waals surface area contributed by atoms with Gasteiger partial charge in [-0.2, -0.15) is 5.10 Å². The van der Waals surface area contributed by atoms with Gasteiger partial charge in [-0.1, -0.05) is 23.2 Å². The SMILES string of the molecule is CN1CCN(c2ccc(C(=O)Nc3n[nH]c4ccc(Nc5cc(Cl)cc(Cl)c5)nc34)c(NC3CCOCC3)c2)CC1. The van der Waals surface area contributed by atoms with E-state index in [0.29, 0.717) is 57.2 Å². The first kappa shape index (κ1) is 27.6. The quantitative estimate of drug-likeness (QED) is 0.219. The largest absolute Gasteiger partial charge is 0.381 e. The molecule has 214 valence electrons. The number of anilines is 5. The van der Waals surface area contributed by atoms with E-state index in [-0.39, 0.29) is 11.9 Å². The van der Waals surface area contributed by atoms with E-state index in [1.54, 1.807) is 18.2 Å². The molecule has 2 aliphatic heterocycles. The van der Waals surface area contributed by atoms with Crippen molar-refractivity contribution in [1.82, 2.24) is 20.1 Å². The number of aromatic amines is 1. The van der Waals surface area contributed by atoms with Gasteiger partial charge in [0.25, 0.3) is 5.91 Å². The van der Waals surface area contributed by atoms with Crippen molar-refractivity contribution in [3.8, 4) is 0 Å². The third-order valence-corrected chi connectivity index (χ3v) is 7.91. The summed E-state index contributed by atoms with van der Waals surface area (Å²) in [5.41, 5.74) is 4.39. The Balaban J connectivity index is 1.25. The molecular weight excluding hydrogens is 563 g/mol. The maximum atomic E-state index is 13.7. The number of pyridine rings is 1. The summed E-state index contributed by atoms with van der Waals surface area (Å²) < 4.78 is 5.54. The van der Waals surface area contributed by atoms with Crippen molar-refractivity contribution >= 4 is 68.8 Å². The Morgan fingerprint density at radius 2 is 1.76 bits per heavy atom. The summed E-state index contributed by atoms with van der Waals surface area (Å²) in [6.45, 7) is 5.32. The number of carbonyl (C=O) groups is 1. The first-order valence-corrected chi connectivity index (χ1v) is 14.5. The van der Waals surface area contributed by atoms with Crippen LogP contribution in [0.3, 0.4) is 0 Å². The number of halogens is 2. The van der Waals surface area contributed by atoms with Crippen LogP contribution in [-0.2, 0) is 4.74 Å². The van der Waals surface area contributed by atoms with Gasteiger partial charge in [0.05, 0.1) is 11.1 Å². The lowest BCUT2D eigenvalue weighted by Gasteiger charge is -2.34. The summed E-state index contributed by atoms with van der Waals surface area (Å²) in [4.78, 5) is 23.1. The molecule has 2 aliphatic rings. The molecule has 2 fully saturated rings. The number of fused-ring (bicyclic) bond motifs is 1. The van der Waals surface area contributed by atoms with Crippen LogP contribution >= 0.6 is 23.2 Å². The van der Waals surface area contributed by atoms with Crippen molar-refractivity contribution in [2.45, 2.75) is 18.9 Å². The van der Waals surface area contributed by atoms with Crippen LogP contribution in [-0.4, -0.2) is 78.5 Å². The molecule has 0 unspecified atom stereocenters. The maximum Gasteiger partial charge on any atom is 0.259 e. The number of nitrogens with zero attached hydrogens (tertiary/aromatic N) is 4. The van der Waals surface area contributed by atoms with Crippen LogP contribution in [0.15, 0.2) is 48.5 Å². The molecule has 4 heterocycles. The van der Waals surface area contributed by atoms with Crippen molar-refractivity contribution in [3.63, 3.8) is 0 Å². The monoisotopic (exact) mass is 594 g/mol. The van der Waals surface area contributed by atoms with Crippen LogP contribution in [0.25, 0.3) is 11.0 Å². The van der Waals surface area contributed by atoms with E-state index in [0.717, 1.165) is 50.4 Å². The number of amides is 1. The topological polar surface area (TPSA) is 110 Å². The first-order valence-electron chi connectivity index (χ1n) is 13.7. The van der Waals surface area contributed by atoms with Gasteiger partial charge < -0.3 is 30.5 Å². The Bertz CT molecular complexity index is 1530. The van der Waals surface area contributed by atoms with Gasteiger partial charge >= 0.3 is 0 Å². The lowest BCUT2D eigenvalue weighted by atomic mass is 10.1. The highest BCUT2D eigenvalue weighted by molar-refractivity contribution is 6.35. The molecule has 4 aromatic rings. The molecule has 2 aromatic carbocycles. The minimum atomic E-state index is -0.264. The molecular formula is C29H32Cl2N8O2. The smallest absolute Gasteiger partial charge is 0.259 e. The predicted molar refractivity (Wildman–Crippen MR) is 165 cm³/mol. The molecule has 0 aliphatic carbocycles. The third kappa shape index (κ3) is 6.51. The van der Waals surface area contributed by atoms with E-state index in [2.05, 4.69) is 54.0 Å². The lowest BCUT2D eigenvalue weighted by Crippen LogP contribution is -2.44. The fourth-order valence-electron chi connectivity index (χ4n) is 5.18.